The summed E-state index contributed by atoms with van der Waals surface area (Å²) in [4.78, 5) is 35.4. The number of esters is 1. The Labute approximate surface area is 214 Å². The predicted molar refractivity (Wildman–Crippen MR) is 140 cm³/mol. The van der Waals surface area contributed by atoms with E-state index >= 15 is 0 Å². The minimum Gasteiger partial charge on any atom is -0.493 e. The molecule has 0 aliphatic carbocycles. The number of carbonyl (C=O) groups excluding carboxylic acids is 2. The van der Waals surface area contributed by atoms with Crippen LogP contribution in [0.4, 0.5) is 5.82 Å². The third-order valence-corrected chi connectivity index (χ3v) is 6.56. The van der Waals surface area contributed by atoms with E-state index in [0.717, 1.165) is 10.8 Å². The SMILES string of the molecule is CCOc1ccc2ccccc2c1C(=O)OCS/C(CCO)=C(/C)N(C=O)Cc1cnc(C)nc1N. The van der Waals surface area contributed by atoms with E-state index in [2.05, 4.69) is 9.97 Å². The van der Waals surface area contributed by atoms with E-state index in [1.807, 2.05) is 37.3 Å². The Morgan fingerprint density at radius 1 is 1.25 bits per heavy atom. The van der Waals surface area contributed by atoms with Gasteiger partial charge in [0, 0.05) is 35.4 Å². The van der Waals surface area contributed by atoms with Crippen molar-refractivity contribution >= 4 is 40.7 Å². The van der Waals surface area contributed by atoms with Gasteiger partial charge in [-0.05, 0) is 37.6 Å². The van der Waals surface area contributed by atoms with Gasteiger partial charge in [-0.1, -0.05) is 42.1 Å². The van der Waals surface area contributed by atoms with Crippen molar-refractivity contribution in [1.82, 2.24) is 14.9 Å². The highest BCUT2D eigenvalue weighted by molar-refractivity contribution is 8.02. The lowest BCUT2D eigenvalue weighted by Gasteiger charge is -2.22. The van der Waals surface area contributed by atoms with Crippen LogP contribution in [0.25, 0.3) is 10.8 Å². The van der Waals surface area contributed by atoms with Gasteiger partial charge in [0.1, 0.15) is 28.9 Å². The van der Waals surface area contributed by atoms with Gasteiger partial charge in [0.15, 0.2) is 0 Å². The maximum atomic E-state index is 13.1. The van der Waals surface area contributed by atoms with Crippen LogP contribution in [0.5, 0.6) is 5.75 Å². The minimum atomic E-state index is -0.513. The molecule has 1 aromatic heterocycles. The Morgan fingerprint density at radius 2 is 2.03 bits per heavy atom. The average Bonchev–Trinajstić information content (AvgIpc) is 2.87. The Morgan fingerprint density at radius 3 is 2.72 bits per heavy atom. The number of ether oxygens (including phenoxy) is 2. The fourth-order valence-electron chi connectivity index (χ4n) is 3.64. The number of benzene rings is 2. The Bertz CT molecular complexity index is 1260. The Balaban J connectivity index is 1.77. The lowest BCUT2D eigenvalue weighted by Crippen LogP contribution is -2.22. The number of nitrogens with two attached hydrogens (primary N) is 1. The van der Waals surface area contributed by atoms with Crippen molar-refractivity contribution in [3.8, 4) is 5.75 Å². The molecule has 190 valence electrons. The zero-order chi connectivity index (χ0) is 26.1. The molecule has 36 heavy (non-hydrogen) atoms. The van der Waals surface area contributed by atoms with Crippen LogP contribution in [0, 0.1) is 6.92 Å². The number of allylic oxidation sites excluding steroid dienone is 1. The van der Waals surface area contributed by atoms with Crippen LogP contribution in [-0.4, -0.2) is 51.5 Å². The average molecular weight is 511 g/mol. The zero-order valence-corrected chi connectivity index (χ0v) is 21.4. The number of aliphatic hydroxyl groups is 1. The Hall–Kier alpha value is -3.63. The third kappa shape index (κ3) is 6.52. The number of aromatic nitrogens is 2. The molecule has 10 heteroatoms. The summed E-state index contributed by atoms with van der Waals surface area (Å²) >= 11 is 1.24. The van der Waals surface area contributed by atoms with Gasteiger partial charge < -0.3 is 25.2 Å². The number of hydrogen-bond donors (Lipinski definition) is 2. The number of nitrogen functional groups attached to an aromatic ring is 1. The van der Waals surface area contributed by atoms with Crippen LogP contribution in [0.1, 0.15) is 42.0 Å². The van der Waals surface area contributed by atoms with E-state index in [1.54, 1.807) is 26.1 Å². The van der Waals surface area contributed by atoms with E-state index in [-0.39, 0.29) is 25.5 Å². The molecular weight excluding hydrogens is 480 g/mol. The molecule has 0 unspecified atom stereocenters. The summed E-state index contributed by atoms with van der Waals surface area (Å²) in [5, 5.41) is 11.2. The standard InChI is InChI=1S/C26H30N4O5S/c1-4-34-22-10-9-19-7-5-6-8-21(19)24(22)26(33)35-16-36-23(11-12-31)17(2)30(15-32)14-20-13-28-18(3)29-25(20)27/h5-10,13,15,31H,4,11-12,14,16H2,1-3H3,(H2,27,28,29)/b23-17-. The van der Waals surface area contributed by atoms with Crippen molar-refractivity contribution in [3.63, 3.8) is 0 Å². The topological polar surface area (TPSA) is 128 Å². The third-order valence-electron chi connectivity index (χ3n) is 5.48. The van der Waals surface area contributed by atoms with E-state index < -0.39 is 5.97 Å². The van der Waals surface area contributed by atoms with Gasteiger partial charge in [-0.25, -0.2) is 14.8 Å². The molecule has 0 aliphatic heterocycles. The van der Waals surface area contributed by atoms with Crippen LogP contribution >= 0.6 is 11.8 Å². The first-order valence-electron chi connectivity index (χ1n) is 11.4. The highest BCUT2D eigenvalue weighted by Gasteiger charge is 2.19. The second kappa shape index (κ2) is 12.9. The van der Waals surface area contributed by atoms with Gasteiger partial charge in [-0.3, -0.25) is 4.79 Å². The first-order valence-corrected chi connectivity index (χ1v) is 12.4. The van der Waals surface area contributed by atoms with Crippen molar-refractivity contribution in [3.05, 3.63) is 70.1 Å². The summed E-state index contributed by atoms with van der Waals surface area (Å²) < 4.78 is 11.3. The van der Waals surface area contributed by atoms with Gasteiger partial charge >= 0.3 is 5.97 Å². The fraction of sp³-hybridized carbons (Fsp3) is 0.308. The molecule has 0 aliphatic rings. The second-order valence-corrected chi connectivity index (χ2v) is 8.85. The molecule has 3 N–H and O–H groups in total. The number of amides is 1. The number of hydrogen-bond acceptors (Lipinski definition) is 9. The monoisotopic (exact) mass is 510 g/mol. The Kier molecular flexibility index (Phi) is 9.66. The predicted octanol–water partition coefficient (Wildman–Crippen LogP) is 4.04. The summed E-state index contributed by atoms with van der Waals surface area (Å²) in [6, 6.07) is 11.2. The lowest BCUT2D eigenvalue weighted by atomic mass is 10.0. The van der Waals surface area contributed by atoms with Gasteiger partial charge in [-0.2, -0.15) is 0 Å². The molecule has 0 fully saturated rings. The summed E-state index contributed by atoms with van der Waals surface area (Å²) in [5.41, 5.74) is 7.56. The van der Waals surface area contributed by atoms with E-state index in [1.165, 1.54) is 16.7 Å². The molecule has 0 saturated carbocycles. The number of aryl methyl sites for hydroxylation is 1. The highest BCUT2D eigenvalue weighted by atomic mass is 32.2. The van der Waals surface area contributed by atoms with Gasteiger partial charge in [0.05, 0.1) is 13.2 Å². The number of carbonyl (C=O) groups is 2. The molecular formula is C26H30N4O5S. The van der Waals surface area contributed by atoms with Crippen LogP contribution in [0.3, 0.4) is 0 Å². The van der Waals surface area contributed by atoms with E-state index in [9.17, 15) is 14.7 Å². The molecule has 0 saturated heterocycles. The number of anilines is 1. The van der Waals surface area contributed by atoms with E-state index in [4.69, 9.17) is 15.2 Å². The largest absolute Gasteiger partial charge is 0.493 e. The van der Waals surface area contributed by atoms with Crippen molar-refractivity contribution in [1.29, 1.82) is 0 Å². The summed E-state index contributed by atoms with van der Waals surface area (Å²) in [6.07, 6.45) is 2.56. The minimum absolute atomic E-state index is 0.0111. The van der Waals surface area contributed by atoms with Crippen molar-refractivity contribution in [2.75, 3.05) is 24.9 Å². The van der Waals surface area contributed by atoms with Gasteiger partial charge in [0.25, 0.3) is 0 Å². The number of nitrogens with zero attached hydrogens (tertiary/aromatic N) is 3. The molecule has 2 aromatic carbocycles. The quantitative estimate of drug-likeness (QED) is 0.211. The first-order chi connectivity index (χ1) is 17.4. The van der Waals surface area contributed by atoms with Crippen LogP contribution in [0.15, 0.2) is 53.2 Å². The maximum absolute atomic E-state index is 13.1. The smallest absolute Gasteiger partial charge is 0.343 e. The number of thioether (sulfide) groups is 1. The van der Waals surface area contributed by atoms with Crippen LogP contribution in [-0.2, 0) is 16.1 Å². The summed E-state index contributed by atoms with van der Waals surface area (Å²) in [5.74, 6) is 0.771. The summed E-state index contributed by atoms with van der Waals surface area (Å²) in [7, 11) is 0. The zero-order valence-electron chi connectivity index (χ0n) is 20.6. The molecule has 0 radical (unpaired) electrons. The van der Waals surface area contributed by atoms with Gasteiger partial charge in [-0.15, -0.1) is 0 Å². The second-order valence-electron chi connectivity index (χ2n) is 7.83. The van der Waals surface area contributed by atoms with Crippen LogP contribution < -0.4 is 10.5 Å². The molecule has 9 nitrogen and oxygen atoms in total. The number of fused-ring (bicyclic) bond motifs is 1. The number of rotatable bonds is 12. The molecule has 1 heterocycles. The summed E-state index contributed by atoms with van der Waals surface area (Å²) in [6.45, 7) is 5.80. The number of aliphatic hydroxyl groups excluding tert-OH is 1. The highest BCUT2D eigenvalue weighted by Crippen LogP contribution is 2.31. The lowest BCUT2D eigenvalue weighted by molar-refractivity contribution is -0.116. The normalized spacial score (nSPS) is 11.7. The van der Waals surface area contributed by atoms with Crippen molar-refractivity contribution in [2.24, 2.45) is 0 Å². The molecule has 1 amide bonds. The van der Waals surface area contributed by atoms with Gasteiger partial charge in [0.2, 0.25) is 6.41 Å². The van der Waals surface area contributed by atoms with E-state index in [0.29, 0.717) is 52.1 Å². The van der Waals surface area contributed by atoms with Crippen molar-refractivity contribution in [2.45, 2.75) is 33.7 Å². The fourth-order valence-corrected chi connectivity index (χ4v) is 4.51. The maximum Gasteiger partial charge on any atom is 0.343 e. The molecule has 3 aromatic rings. The molecule has 0 atom stereocenters. The van der Waals surface area contributed by atoms with Crippen LogP contribution in [0.2, 0.25) is 0 Å². The molecule has 0 spiro atoms. The van der Waals surface area contributed by atoms with Crippen molar-refractivity contribution < 1.29 is 24.2 Å². The molecule has 3 rings (SSSR count). The first kappa shape index (κ1) is 27.0. The molecule has 0 bridgehead atoms.